The van der Waals surface area contributed by atoms with E-state index in [-0.39, 0.29) is 17.3 Å². The van der Waals surface area contributed by atoms with Crippen LogP contribution < -0.4 is 10.9 Å². The average molecular weight is 407 g/mol. The van der Waals surface area contributed by atoms with Crippen molar-refractivity contribution < 1.29 is 17.6 Å². The fraction of sp³-hybridized carbons (Fsp3) is 0.368. The van der Waals surface area contributed by atoms with E-state index in [1.807, 2.05) is 0 Å². The van der Waals surface area contributed by atoms with Gasteiger partial charge in [0.15, 0.2) is 0 Å². The molecule has 1 fully saturated rings. The van der Waals surface area contributed by atoms with Crippen molar-refractivity contribution in [3.8, 4) is 0 Å². The molecular weight excluding hydrogens is 385 g/mol. The number of rotatable bonds is 7. The van der Waals surface area contributed by atoms with E-state index in [0.717, 1.165) is 29.0 Å². The molecule has 7 nitrogen and oxygen atoms in total. The van der Waals surface area contributed by atoms with Crippen LogP contribution in [0.25, 0.3) is 0 Å². The number of carbonyl (C=O) groups is 1. The molecule has 2 heterocycles. The van der Waals surface area contributed by atoms with Crippen LogP contribution in [0.4, 0.5) is 4.39 Å². The summed E-state index contributed by atoms with van der Waals surface area (Å²) in [6.07, 6.45) is 3.37. The lowest BCUT2D eigenvalue weighted by Gasteiger charge is -2.16. The first-order valence-corrected chi connectivity index (χ1v) is 10.5. The van der Waals surface area contributed by atoms with Gasteiger partial charge in [-0.25, -0.2) is 12.8 Å². The second-order valence-corrected chi connectivity index (χ2v) is 8.61. The maximum atomic E-state index is 12.9. The van der Waals surface area contributed by atoms with Crippen LogP contribution in [0, 0.1) is 5.82 Å². The molecule has 28 heavy (non-hydrogen) atoms. The zero-order chi connectivity index (χ0) is 20.1. The second kappa shape index (κ2) is 8.66. The number of amides is 1. The van der Waals surface area contributed by atoms with Crippen LogP contribution >= 0.6 is 0 Å². The first-order chi connectivity index (χ1) is 13.4. The van der Waals surface area contributed by atoms with Crippen LogP contribution in [-0.4, -0.2) is 42.8 Å². The van der Waals surface area contributed by atoms with Crippen LogP contribution in [0.1, 0.15) is 18.4 Å². The van der Waals surface area contributed by atoms with Gasteiger partial charge in [-0.3, -0.25) is 9.59 Å². The largest absolute Gasteiger partial charge is 0.354 e. The summed E-state index contributed by atoms with van der Waals surface area (Å²) in [5.41, 5.74) is 0.423. The van der Waals surface area contributed by atoms with Crippen molar-refractivity contribution in [1.82, 2.24) is 14.2 Å². The predicted molar refractivity (Wildman–Crippen MR) is 102 cm³/mol. The average Bonchev–Trinajstić information content (AvgIpc) is 3.21. The highest BCUT2D eigenvalue weighted by Crippen LogP contribution is 2.19. The third-order valence-corrected chi connectivity index (χ3v) is 6.50. The van der Waals surface area contributed by atoms with Gasteiger partial charge >= 0.3 is 0 Å². The molecule has 0 bridgehead atoms. The van der Waals surface area contributed by atoms with Crippen LogP contribution in [0.5, 0.6) is 0 Å². The first-order valence-electron chi connectivity index (χ1n) is 9.08. The minimum atomic E-state index is -3.66. The number of nitrogens with zero attached hydrogens (tertiary/aromatic N) is 2. The Bertz CT molecular complexity index is 997. The lowest BCUT2D eigenvalue weighted by molar-refractivity contribution is -0.121. The van der Waals surface area contributed by atoms with Crippen LogP contribution in [0.2, 0.25) is 0 Å². The normalized spacial score (nSPS) is 14.9. The predicted octanol–water partition coefficient (Wildman–Crippen LogP) is 1.13. The van der Waals surface area contributed by atoms with Gasteiger partial charge in [-0.1, -0.05) is 12.1 Å². The van der Waals surface area contributed by atoms with E-state index in [4.69, 9.17) is 0 Å². The molecule has 1 aliphatic rings. The number of pyridine rings is 1. The zero-order valence-corrected chi connectivity index (χ0v) is 16.1. The lowest BCUT2D eigenvalue weighted by atomic mass is 10.1. The molecule has 1 aromatic heterocycles. The molecule has 1 saturated heterocycles. The highest BCUT2D eigenvalue weighted by atomic mass is 32.2. The van der Waals surface area contributed by atoms with E-state index in [1.54, 1.807) is 12.1 Å². The van der Waals surface area contributed by atoms with Gasteiger partial charge in [-0.2, -0.15) is 4.31 Å². The van der Waals surface area contributed by atoms with E-state index < -0.39 is 21.5 Å². The Kier molecular flexibility index (Phi) is 6.25. The molecule has 9 heteroatoms. The zero-order valence-electron chi connectivity index (χ0n) is 15.3. The minimum absolute atomic E-state index is 0.00751. The van der Waals surface area contributed by atoms with Crippen molar-refractivity contribution in [2.75, 3.05) is 19.6 Å². The van der Waals surface area contributed by atoms with E-state index in [2.05, 4.69) is 5.32 Å². The van der Waals surface area contributed by atoms with Gasteiger partial charge in [-0.15, -0.1) is 0 Å². The van der Waals surface area contributed by atoms with Gasteiger partial charge in [0.25, 0.3) is 5.56 Å². The van der Waals surface area contributed by atoms with Gasteiger partial charge < -0.3 is 9.88 Å². The molecule has 0 atom stereocenters. The molecule has 1 aromatic carbocycles. The Morgan fingerprint density at radius 3 is 2.43 bits per heavy atom. The number of nitrogens with one attached hydrogen (secondary N) is 1. The fourth-order valence-corrected chi connectivity index (χ4v) is 4.61. The number of aromatic nitrogens is 1. The summed E-state index contributed by atoms with van der Waals surface area (Å²) in [6, 6.07) is 8.41. The molecule has 1 aliphatic heterocycles. The molecule has 0 unspecified atom stereocenters. The number of benzene rings is 1. The maximum Gasteiger partial charge on any atom is 0.251 e. The summed E-state index contributed by atoms with van der Waals surface area (Å²) in [6.45, 7) is 0.979. The number of sulfonamides is 1. The molecule has 0 radical (unpaired) electrons. The quantitative estimate of drug-likeness (QED) is 0.745. The third-order valence-electron chi connectivity index (χ3n) is 4.62. The molecule has 0 saturated carbocycles. The molecule has 0 aliphatic carbocycles. The van der Waals surface area contributed by atoms with Gasteiger partial charge in [0.1, 0.15) is 12.4 Å². The second-order valence-electron chi connectivity index (χ2n) is 6.67. The Morgan fingerprint density at radius 1 is 1.07 bits per heavy atom. The summed E-state index contributed by atoms with van der Waals surface area (Å²) >= 11 is 0. The Balaban J connectivity index is 1.62. The molecule has 3 rings (SSSR count). The summed E-state index contributed by atoms with van der Waals surface area (Å²) in [5, 5.41) is 2.68. The summed E-state index contributed by atoms with van der Waals surface area (Å²) in [5.74, 6) is -0.726. The standard InChI is InChI=1S/C19H22FN3O4S/c20-16-5-3-15(4-6-16)9-10-21-18(24)14-22-13-17(7-8-19(22)25)28(26,27)23-11-1-2-12-23/h3-8,13H,1-2,9-12,14H2,(H,21,24). The van der Waals surface area contributed by atoms with Crippen molar-refractivity contribution in [2.24, 2.45) is 0 Å². The number of hydrogen-bond acceptors (Lipinski definition) is 4. The fourth-order valence-electron chi connectivity index (χ4n) is 3.07. The SMILES string of the molecule is O=C(Cn1cc(S(=O)(=O)N2CCCC2)ccc1=O)NCCc1ccc(F)cc1. The van der Waals surface area contributed by atoms with Gasteiger partial charge in [0.05, 0.1) is 4.90 Å². The number of halogens is 1. The molecule has 150 valence electrons. The third kappa shape index (κ3) is 4.85. The molecule has 1 N–H and O–H groups in total. The molecule has 1 amide bonds. The monoisotopic (exact) mass is 407 g/mol. The molecule has 0 spiro atoms. The van der Waals surface area contributed by atoms with Gasteiger partial charge in [-0.05, 0) is 43.0 Å². The van der Waals surface area contributed by atoms with E-state index in [9.17, 15) is 22.4 Å². The highest BCUT2D eigenvalue weighted by molar-refractivity contribution is 7.89. The summed E-state index contributed by atoms with van der Waals surface area (Å²) < 4.78 is 40.6. The van der Waals surface area contributed by atoms with Crippen LogP contribution in [0.15, 0.2) is 52.3 Å². The minimum Gasteiger partial charge on any atom is -0.354 e. The van der Waals surface area contributed by atoms with Crippen molar-refractivity contribution in [1.29, 1.82) is 0 Å². The van der Waals surface area contributed by atoms with Gasteiger partial charge in [0, 0.05) is 31.9 Å². The number of carbonyl (C=O) groups excluding carboxylic acids is 1. The lowest BCUT2D eigenvalue weighted by Crippen LogP contribution is -2.34. The van der Waals surface area contributed by atoms with Crippen molar-refractivity contribution in [2.45, 2.75) is 30.7 Å². The van der Waals surface area contributed by atoms with Crippen molar-refractivity contribution >= 4 is 15.9 Å². The van der Waals surface area contributed by atoms with Gasteiger partial charge in [0.2, 0.25) is 15.9 Å². The molecule has 2 aromatic rings. The van der Waals surface area contributed by atoms with E-state index >= 15 is 0 Å². The van der Waals surface area contributed by atoms with Crippen LogP contribution in [0.3, 0.4) is 0 Å². The Labute approximate surface area is 162 Å². The van der Waals surface area contributed by atoms with E-state index in [1.165, 1.54) is 28.7 Å². The summed E-state index contributed by atoms with van der Waals surface area (Å²) in [7, 11) is -3.66. The maximum absolute atomic E-state index is 12.9. The van der Waals surface area contributed by atoms with Crippen molar-refractivity contribution in [3.05, 3.63) is 64.3 Å². The Morgan fingerprint density at radius 2 is 1.75 bits per heavy atom. The van der Waals surface area contributed by atoms with Crippen molar-refractivity contribution in [3.63, 3.8) is 0 Å². The Hall–Kier alpha value is -2.52. The topological polar surface area (TPSA) is 88.5 Å². The first kappa shape index (κ1) is 20.2. The van der Waals surface area contributed by atoms with E-state index in [0.29, 0.717) is 26.1 Å². The smallest absolute Gasteiger partial charge is 0.251 e. The highest BCUT2D eigenvalue weighted by Gasteiger charge is 2.27. The number of hydrogen-bond donors (Lipinski definition) is 1. The summed E-state index contributed by atoms with van der Waals surface area (Å²) in [4.78, 5) is 24.2. The van der Waals surface area contributed by atoms with Crippen LogP contribution in [-0.2, 0) is 27.8 Å². The molecular formula is C19H22FN3O4S.